The van der Waals surface area contributed by atoms with E-state index in [2.05, 4.69) is 15.0 Å². The Morgan fingerprint density at radius 1 is 1.20 bits per heavy atom. The van der Waals surface area contributed by atoms with Gasteiger partial charge in [0.25, 0.3) is 5.91 Å². The Morgan fingerprint density at radius 2 is 1.93 bits per heavy atom. The molecule has 1 N–H and O–H groups in total. The molecular formula is C21H23F3N2O4. The molecule has 1 aliphatic heterocycles. The Bertz CT molecular complexity index is 886. The van der Waals surface area contributed by atoms with Gasteiger partial charge in [-0.15, -0.1) is 13.2 Å². The van der Waals surface area contributed by atoms with E-state index >= 15 is 0 Å². The van der Waals surface area contributed by atoms with Crippen LogP contribution in [-0.2, 0) is 17.9 Å². The topological polar surface area (TPSA) is 63.9 Å². The fraction of sp³-hybridized carbons (Fsp3) is 0.476. The number of ether oxygens (including phenoxy) is 2. The summed E-state index contributed by atoms with van der Waals surface area (Å²) >= 11 is 0. The largest absolute Gasteiger partial charge is 0.573 e. The van der Waals surface area contributed by atoms with Crippen LogP contribution in [0.1, 0.15) is 21.9 Å². The van der Waals surface area contributed by atoms with Gasteiger partial charge in [0, 0.05) is 32.3 Å². The van der Waals surface area contributed by atoms with E-state index in [1.165, 1.54) is 18.2 Å². The van der Waals surface area contributed by atoms with Crippen LogP contribution in [0.3, 0.4) is 0 Å². The van der Waals surface area contributed by atoms with Crippen LogP contribution in [0.4, 0.5) is 13.2 Å². The Labute approximate surface area is 171 Å². The Kier molecular flexibility index (Phi) is 5.75. The number of likely N-dealkylation sites (tertiary alicyclic amines) is 1. The maximum atomic E-state index is 12.3. The van der Waals surface area contributed by atoms with Crippen LogP contribution in [0.15, 0.2) is 40.8 Å². The van der Waals surface area contributed by atoms with Crippen LogP contribution in [0.5, 0.6) is 5.75 Å². The smallest absolute Gasteiger partial charge is 0.462 e. The lowest BCUT2D eigenvalue weighted by atomic mass is 10.2. The average molecular weight is 424 g/mol. The molecule has 2 atom stereocenters. The minimum Gasteiger partial charge on any atom is -0.462 e. The molecule has 2 fully saturated rings. The van der Waals surface area contributed by atoms with Crippen LogP contribution in [0.2, 0.25) is 0 Å². The summed E-state index contributed by atoms with van der Waals surface area (Å²) in [6.45, 7) is 3.62. The molecule has 2 heterocycles. The highest BCUT2D eigenvalue weighted by Gasteiger charge is 2.55. The lowest BCUT2D eigenvalue weighted by molar-refractivity contribution is -0.274. The van der Waals surface area contributed by atoms with Gasteiger partial charge in [-0.1, -0.05) is 6.07 Å². The summed E-state index contributed by atoms with van der Waals surface area (Å²) in [5.74, 6) is 2.38. The second-order valence-corrected chi connectivity index (χ2v) is 7.77. The van der Waals surface area contributed by atoms with E-state index < -0.39 is 18.0 Å². The molecule has 2 aromatic rings. The number of nitrogens with zero attached hydrogens (tertiary/aromatic N) is 1. The van der Waals surface area contributed by atoms with Crippen LogP contribution < -0.4 is 10.1 Å². The first-order chi connectivity index (χ1) is 14.3. The van der Waals surface area contributed by atoms with Gasteiger partial charge in [0.1, 0.15) is 23.9 Å². The van der Waals surface area contributed by atoms with Crippen molar-refractivity contribution in [2.45, 2.75) is 19.5 Å². The third kappa shape index (κ3) is 4.96. The summed E-state index contributed by atoms with van der Waals surface area (Å²) in [4.78, 5) is 14.6. The van der Waals surface area contributed by atoms with E-state index in [0.717, 1.165) is 37.2 Å². The Morgan fingerprint density at radius 3 is 2.63 bits per heavy atom. The maximum Gasteiger partial charge on any atom is 0.573 e. The minimum absolute atomic E-state index is 0.147. The average Bonchev–Trinajstić information content (AvgIpc) is 3.00. The SMILES string of the molecule is COCc1ccc(CN2CC3C(CNC(=O)c4cccc(OC(F)(F)F)c4)C3C2)o1. The number of piperidine rings is 1. The van der Waals surface area contributed by atoms with E-state index in [1.54, 1.807) is 7.11 Å². The zero-order valence-corrected chi connectivity index (χ0v) is 16.4. The summed E-state index contributed by atoms with van der Waals surface area (Å²) in [6.07, 6.45) is -4.78. The van der Waals surface area contributed by atoms with Crippen molar-refractivity contribution in [3.63, 3.8) is 0 Å². The van der Waals surface area contributed by atoms with Gasteiger partial charge >= 0.3 is 6.36 Å². The lowest BCUT2D eigenvalue weighted by Crippen LogP contribution is -2.30. The molecule has 4 rings (SSSR count). The molecule has 1 saturated carbocycles. The first-order valence-corrected chi connectivity index (χ1v) is 9.75. The number of alkyl halides is 3. The third-order valence-corrected chi connectivity index (χ3v) is 5.66. The molecule has 2 aliphatic rings. The van der Waals surface area contributed by atoms with Crippen molar-refractivity contribution in [2.24, 2.45) is 17.8 Å². The van der Waals surface area contributed by atoms with Crippen LogP contribution in [-0.4, -0.2) is 43.9 Å². The second kappa shape index (κ2) is 8.31. The molecule has 1 amide bonds. The van der Waals surface area contributed by atoms with E-state index in [0.29, 0.717) is 30.9 Å². The van der Waals surface area contributed by atoms with Crippen LogP contribution >= 0.6 is 0 Å². The van der Waals surface area contributed by atoms with Gasteiger partial charge in [-0.3, -0.25) is 9.69 Å². The van der Waals surface area contributed by atoms with Gasteiger partial charge < -0.3 is 19.2 Å². The first kappa shape index (κ1) is 20.7. The highest BCUT2D eigenvalue weighted by atomic mass is 19.4. The quantitative estimate of drug-likeness (QED) is 0.704. The predicted octanol–water partition coefficient (Wildman–Crippen LogP) is 3.43. The highest BCUT2D eigenvalue weighted by Crippen LogP contribution is 2.51. The third-order valence-electron chi connectivity index (χ3n) is 5.66. The van der Waals surface area contributed by atoms with Crippen molar-refractivity contribution < 1.29 is 31.9 Å². The molecule has 2 unspecified atom stereocenters. The zero-order chi connectivity index (χ0) is 21.3. The van der Waals surface area contributed by atoms with Crippen molar-refractivity contribution in [3.8, 4) is 5.75 Å². The predicted molar refractivity (Wildman–Crippen MR) is 101 cm³/mol. The number of methoxy groups -OCH3 is 1. The summed E-state index contributed by atoms with van der Waals surface area (Å²) in [6, 6.07) is 8.98. The molecule has 9 heteroatoms. The van der Waals surface area contributed by atoms with E-state index in [1.807, 2.05) is 12.1 Å². The van der Waals surface area contributed by atoms with Gasteiger partial charge in [0.05, 0.1) is 6.54 Å². The molecule has 162 valence electrons. The van der Waals surface area contributed by atoms with Crippen molar-refractivity contribution >= 4 is 5.91 Å². The molecule has 1 saturated heterocycles. The summed E-state index contributed by atoms with van der Waals surface area (Å²) in [5, 5.41) is 2.83. The summed E-state index contributed by atoms with van der Waals surface area (Å²) in [5.41, 5.74) is 0.147. The number of carbonyl (C=O) groups is 1. The summed E-state index contributed by atoms with van der Waals surface area (Å²) < 4.78 is 51.7. The second-order valence-electron chi connectivity index (χ2n) is 7.77. The summed E-state index contributed by atoms with van der Waals surface area (Å²) in [7, 11) is 1.63. The number of hydrogen-bond acceptors (Lipinski definition) is 5. The molecular weight excluding hydrogens is 401 g/mol. The van der Waals surface area contributed by atoms with E-state index in [4.69, 9.17) is 9.15 Å². The lowest BCUT2D eigenvalue weighted by Gasteiger charge is -2.18. The molecule has 1 aliphatic carbocycles. The minimum atomic E-state index is -4.78. The molecule has 6 nitrogen and oxygen atoms in total. The number of amides is 1. The molecule has 1 aromatic heterocycles. The van der Waals surface area contributed by atoms with Crippen molar-refractivity contribution in [3.05, 3.63) is 53.5 Å². The van der Waals surface area contributed by atoms with Gasteiger partial charge in [-0.25, -0.2) is 0 Å². The van der Waals surface area contributed by atoms with Crippen molar-refractivity contribution in [1.29, 1.82) is 0 Å². The van der Waals surface area contributed by atoms with E-state index in [9.17, 15) is 18.0 Å². The van der Waals surface area contributed by atoms with Gasteiger partial charge in [-0.2, -0.15) is 0 Å². The van der Waals surface area contributed by atoms with Crippen LogP contribution in [0, 0.1) is 17.8 Å². The number of benzene rings is 1. The fourth-order valence-electron chi connectivity index (χ4n) is 4.26. The number of fused-ring (bicyclic) bond motifs is 1. The molecule has 1 aromatic carbocycles. The maximum absolute atomic E-state index is 12.3. The van der Waals surface area contributed by atoms with Crippen molar-refractivity contribution in [2.75, 3.05) is 26.7 Å². The number of hydrogen-bond donors (Lipinski definition) is 1. The van der Waals surface area contributed by atoms with E-state index in [-0.39, 0.29) is 5.56 Å². The number of nitrogens with one attached hydrogen (secondary N) is 1. The Balaban J connectivity index is 1.21. The zero-order valence-electron chi connectivity index (χ0n) is 16.4. The van der Waals surface area contributed by atoms with Gasteiger partial charge in [-0.05, 0) is 48.1 Å². The first-order valence-electron chi connectivity index (χ1n) is 9.75. The fourth-order valence-corrected chi connectivity index (χ4v) is 4.26. The molecule has 0 bridgehead atoms. The highest BCUT2D eigenvalue weighted by molar-refractivity contribution is 5.94. The Hall–Kier alpha value is -2.52. The number of carbonyl (C=O) groups excluding carboxylic acids is 1. The molecule has 30 heavy (non-hydrogen) atoms. The van der Waals surface area contributed by atoms with Gasteiger partial charge in [0.2, 0.25) is 0 Å². The molecule has 0 radical (unpaired) electrons. The number of halogens is 3. The van der Waals surface area contributed by atoms with Crippen molar-refractivity contribution in [1.82, 2.24) is 10.2 Å². The number of rotatable bonds is 8. The normalized spacial score (nSPS) is 23.3. The molecule has 0 spiro atoms. The van der Waals surface area contributed by atoms with Gasteiger partial charge in [0.15, 0.2) is 0 Å². The van der Waals surface area contributed by atoms with Crippen LogP contribution in [0.25, 0.3) is 0 Å². The monoisotopic (exact) mass is 424 g/mol. The standard InChI is InChI=1S/C21H23F3N2O4/c1-28-12-16-6-5-15(29-16)9-26-10-18-17(19(18)11-26)8-25-20(27)13-3-2-4-14(7-13)30-21(22,23)24/h2-7,17-19H,8-12H2,1H3,(H,25,27). The number of furan rings is 1.